The van der Waals surface area contributed by atoms with Crippen molar-refractivity contribution >= 4 is 23.4 Å². The minimum Gasteiger partial charge on any atom is -0.342 e. The Hall–Kier alpha value is -3.22. The highest BCUT2D eigenvalue weighted by Crippen LogP contribution is 2.36. The maximum atomic E-state index is 12.7. The zero-order valence-corrected chi connectivity index (χ0v) is 14.6. The molecule has 7 nitrogen and oxygen atoms in total. The number of carbonyl (C=O) groups excluding carboxylic acids is 3. The Labute approximate surface area is 151 Å². The summed E-state index contributed by atoms with van der Waals surface area (Å²) in [6.07, 6.45) is 1.61. The van der Waals surface area contributed by atoms with Crippen LogP contribution in [-0.2, 0) is 20.9 Å². The van der Waals surface area contributed by atoms with Crippen molar-refractivity contribution in [1.29, 1.82) is 0 Å². The summed E-state index contributed by atoms with van der Waals surface area (Å²) in [6, 6.07) is 11.7. The minimum absolute atomic E-state index is 0.0523. The van der Waals surface area contributed by atoms with Crippen LogP contribution in [0.3, 0.4) is 0 Å². The first-order chi connectivity index (χ1) is 12.5. The zero-order valence-electron chi connectivity index (χ0n) is 14.6. The molecule has 1 atom stereocenters. The summed E-state index contributed by atoms with van der Waals surface area (Å²) in [5.41, 5.74) is 2.09. The van der Waals surface area contributed by atoms with Gasteiger partial charge in [0.25, 0.3) is 5.91 Å². The van der Waals surface area contributed by atoms with Crippen molar-refractivity contribution in [1.82, 2.24) is 15.6 Å². The molecule has 134 valence electrons. The van der Waals surface area contributed by atoms with Gasteiger partial charge in [-0.1, -0.05) is 24.3 Å². The molecule has 0 unspecified atom stereocenters. The quantitative estimate of drug-likeness (QED) is 0.812. The summed E-state index contributed by atoms with van der Waals surface area (Å²) in [4.78, 5) is 42.7. The second-order valence-corrected chi connectivity index (χ2v) is 6.27. The Bertz CT molecular complexity index is 836. The number of fused-ring (bicyclic) bond motifs is 1. The van der Waals surface area contributed by atoms with E-state index in [1.54, 1.807) is 41.4 Å². The van der Waals surface area contributed by atoms with Crippen LogP contribution in [-0.4, -0.2) is 28.7 Å². The van der Waals surface area contributed by atoms with Gasteiger partial charge in [0.1, 0.15) is 6.04 Å². The second-order valence-electron chi connectivity index (χ2n) is 6.27. The molecule has 2 N–H and O–H groups in total. The number of nitrogens with zero attached hydrogens (tertiary/aromatic N) is 2. The molecule has 3 rings (SSSR count). The van der Waals surface area contributed by atoms with Gasteiger partial charge in [-0.25, -0.2) is 0 Å². The number of aromatic nitrogens is 1. The largest absolute Gasteiger partial charge is 0.342 e. The fourth-order valence-corrected chi connectivity index (χ4v) is 2.96. The van der Waals surface area contributed by atoms with Gasteiger partial charge in [-0.15, -0.1) is 0 Å². The van der Waals surface area contributed by atoms with E-state index < -0.39 is 17.9 Å². The number of nitrogens with one attached hydrogen (secondary N) is 2. The van der Waals surface area contributed by atoms with Crippen molar-refractivity contribution in [3.05, 3.63) is 59.9 Å². The molecule has 26 heavy (non-hydrogen) atoms. The average Bonchev–Trinajstić information content (AvgIpc) is 2.92. The molecule has 7 heteroatoms. The van der Waals surface area contributed by atoms with E-state index in [0.717, 1.165) is 5.69 Å². The molecule has 3 amide bonds. The summed E-state index contributed by atoms with van der Waals surface area (Å²) in [7, 11) is 0. The number of rotatable bonds is 4. The van der Waals surface area contributed by atoms with E-state index in [-0.39, 0.29) is 18.5 Å². The van der Waals surface area contributed by atoms with Crippen LogP contribution in [0, 0.1) is 0 Å². The lowest BCUT2D eigenvalue weighted by molar-refractivity contribution is -0.140. The number of carbonyl (C=O) groups is 3. The summed E-state index contributed by atoms with van der Waals surface area (Å²) in [5.74, 6) is -1.89. The third-order valence-corrected chi connectivity index (χ3v) is 4.15. The SMILES string of the molecule is CC(C)N1C(=O)[C@H](NC(=O)C(=O)NCc2ccccn2)c2ccccc21. The van der Waals surface area contributed by atoms with Gasteiger partial charge in [0.2, 0.25) is 0 Å². The van der Waals surface area contributed by atoms with Crippen LogP contribution in [0.25, 0.3) is 0 Å². The van der Waals surface area contributed by atoms with Crippen molar-refractivity contribution in [2.75, 3.05) is 4.90 Å². The van der Waals surface area contributed by atoms with Gasteiger partial charge in [-0.2, -0.15) is 0 Å². The molecular formula is C19H20N4O3. The summed E-state index contributed by atoms with van der Waals surface area (Å²) < 4.78 is 0. The molecule has 0 fully saturated rings. The minimum atomic E-state index is -0.860. The van der Waals surface area contributed by atoms with Crippen LogP contribution < -0.4 is 15.5 Å². The molecule has 1 aliphatic heterocycles. The lowest BCUT2D eigenvalue weighted by Crippen LogP contribution is -2.45. The standard InChI is InChI=1S/C19H20N4O3/c1-12(2)23-15-9-4-3-8-14(15)16(19(23)26)22-18(25)17(24)21-11-13-7-5-6-10-20-13/h3-10,12,16H,11H2,1-2H3,(H,21,24)(H,22,25)/t16-/m1/s1. The average molecular weight is 352 g/mol. The van der Waals surface area contributed by atoms with E-state index >= 15 is 0 Å². The first kappa shape index (κ1) is 17.6. The molecule has 1 aromatic carbocycles. The van der Waals surface area contributed by atoms with Crippen molar-refractivity contribution < 1.29 is 14.4 Å². The van der Waals surface area contributed by atoms with E-state index in [0.29, 0.717) is 11.3 Å². The Morgan fingerprint density at radius 1 is 1.12 bits per heavy atom. The van der Waals surface area contributed by atoms with Crippen molar-refractivity contribution in [3.63, 3.8) is 0 Å². The monoisotopic (exact) mass is 352 g/mol. The highest BCUT2D eigenvalue weighted by molar-refractivity contribution is 6.35. The van der Waals surface area contributed by atoms with Gasteiger partial charge in [0.15, 0.2) is 0 Å². The predicted molar refractivity (Wildman–Crippen MR) is 96.0 cm³/mol. The number of hydrogen-bond acceptors (Lipinski definition) is 4. The Morgan fingerprint density at radius 3 is 2.54 bits per heavy atom. The lowest BCUT2D eigenvalue weighted by atomic mass is 10.1. The second kappa shape index (κ2) is 7.35. The first-order valence-electron chi connectivity index (χ1n) is 8.39. The van der Waals surface area contributed by atoms with E-state index in [2.05, 4.69) is 15.6 Å². The molecule has 0 radical (unpaired) electrons. The van der Waals surface area contributed by atoms with Crippen LogP contribution >= 0.6 is 0 Å². The third kappa shape index (κ3) is 3.42. The van der Waals surface area contributed by atoms with Gasteiger partial charge in [0.05, 0.1) is 12.2 Å². The molecule has 0 spiro atoms. The van der Waals surface area contributed by atoms with Crippen molar-refractivity contribution in [2.45, 2.75) is 32.5 Å². The number of pyridine rings is 1. The molecule has 0 saturated carbocycles. The highest BCUT2D eigenvalue weighted by atomic mass is 16.2. The first-order valence-corrected chi connectivity index (χ1v) is 8.39. The van der Waals surface area contributed by atoms with Gasteiger partial charge in [0, 0.05) is 23.5 Å². The fourth-order valence-electron chi connectivity index (χ4n) is 2.96. The maximum Gasteiger partial charge on any atom is 0.310 e. The molecule has 1 aliphatic rings. The summed E-state index contributed by atoms with van der Waals surface area (Å²) in [6.45, 7) is 3.94. The molecule has 0 bridgehead atoms. The van der Waals surface area contributed by atoms with Crippen LogP contribution in [0.1, 0.15) is 31.1 Å². The third-order valence-electron chi connectivity index (χ3n) is 4.15. The van der Waals surface area contributed by atoms with Crippen molar-refractivity contribution in [3.8, 4) is 0 Å². The Kier molecular flexibility index (Phi) is 4.97. The fraction of sp³-hybridized carbons (Fsp3) is 0.263. The zero-order chi connectivity index (χ0) is 18.7. The van der Waals surface area contributed by atoms with E-state index in [9.17, 15) is 14.4 Å². The molecule has 2 aromatic rings. The smallest absolute Gasteiger partial charge is 0.310 e. The van der Waals surface area contributed by atoms with Gasteiger partial charge in [-0.05, 0) is 32.0 Å². The van der Waals surface area contributed by atoms with Gasteiger partial charge < -0.3 is 15.5 Å². The number of benzene rings is 1. The molecule has 0 aliphatic carbocycles. The highest BCUT2D eigenvalue weighted by Gasteiger charge is 2.39. The topological polar surface area (TPSA) is 91.4 Å². The van der Waals surface area contributed by atoms with Crippen molar-refractivity contribution in [2.24, 2.45) is 0 Å². The van der Waals surface area contributed by atoms with E-state index in [1.165, 1.54) is 0 Å². The molecular weight excluding hydrogens is 332 g/mol. The lowest BCUT2D eigenvalue weighted by Gasteiger charge is -2.22. The summed E-state index contributed by atoms with van der Waals surface area (Å²) >= 11 is 0. The maximum absolute atomic E-state index is 12.7. The normalized spacial score (nSPS) is 15.7. The number of para-hydroxylation sites is 1. The summed E-state index contributed by atoms with van der Waals surface area (Å²) in [5, 5.41) is 5.05. The molecule has 1 aromatic heterocycles. The van der Waals surface area contributed by atoms with Gasteiger partial charge in [-0.3, -0.25) is 19.4 Å². The number of amides is 3. The Morgan fingerprint density at radius 2 is 1.85 bits per heavy atom. The van der Waals surface area contributed by atoms with E-state index in [4.69, 9.17) is 0 Å². The van der Waals surface area contributed by atoms with Crippen LogP contribution in [0.4, 0.5) is 5.69 Å². The number of anilines is 1. The predicted octanol–water partition coefficient (Wildman–Crippen LogP) is 1.31. The van der Waals surface area contributed by atoms with E-state index in [1.807, 2.05) is 26.0 Å². The van der Waals surface area contributed by atoms with Crippen LogP contribution in [0.15, 0.2) is 48.7 Å². The number of hydrogen-bond donors (Lipinski definition) is 2. The molecule has 2 heterocycles. The Balaban J connectivity index is 1.69. The molecule has 0 saturated heterocycles. The van der Waals surface area contributed by atoms with Crippen LogP contribution in [0.2, 0.25) is 0 Å². The van der Waals surface area contributed by atoms with Gasteiger partial charge >= 0.3 is 11.8 Å². The van der Waals surface area contributed by atoms with Crippen LogP contribution in [0.5, 0.6) is 0 Å².